The molecule has 2 N–H and O–H groups in total. The normalized spacial score (nSPS) is 24.7. The Morgan fingerprint density at radius 3 is 2.21 bits per heavy atom. The third-order valence-corrected chi connectivity index (χ3v) is 9.57. The lowest BCUT2D eigenvalue weighted by Crippen LogP contribution is -2.65. The molecule has 0 aromatic heterocycles. The minimum Gasteiger partial charge on any atom is -0.307 e. The molecule has 5 rings (SSSR count). The number of urea groups is 1. The molecule has 1 atom stereocenters. The van der Waals surface area contributed by atoms with Gasteiger partial charge in [-0.25, -0.2) is 17.4 Å². The zero-order chi connectivity index (χ0) is 19.5. The first-order valence-corrected chi connectivity index (χ1v) is 13.0. The molecule has 7 nitrogen and oxygen atoms in total. The number of fused-ring (bicyclic) bond motifs is 2. The number of sulfone groups is 1. The molecule has 1 unspecified atom stereocenters. The van der Waals surface area contributed by atoms with Crippen LogP contribution in [0.25, 0.3) is 0 Å². The second kappa shape index (κ2) is 6.81. The highest BCUT2D eigenvalue weighted by Crippen LogP contribution is 2.38. The Morgan fingerprint density at radius 1 is 1.04 bits per heavy atom. The van der Waals surface area contributed by atoms with Crippen LogP contribution in [0.3, 0.4) is 0 Å². The second-order valence-electron chi connectivity index (χ2n) is 8.39. The van der Waals surface area contributed by atoms with Gasteiger partial charge in [0.1, 0.15) is 11.0 Å². The van der Waals surface area contributed by atoms with E-state index in [1.54, 1.807) is 0 Å². The quantitative estimate of drug-likeness (QED) is 0.751. The summed E-state index contributed by atoms with van der Waals surface area (Å²) >= 11 is 0. The van der Waals surface area contributed by atoms with Crippen molar-refractivity contribution in [2.24, 2.45) is 0 Å². The van der Waals surface area contributed by atoms with Crippen molar-refractivity contribution in [1.29, 1.82) is 0 Å². The van der Waals surface area contributed by atoms with E-state index < -0.39 is 26.9 Å². The summed E-state index contributed by atoms with van der Waals surface area (Å²) in [6.07, 6.45) is 6.36. The zero-order valence-corrected chi connectivity index (χ0v) is 17.3. The average molecular weight is 424 g/mol. The summed E-state index contributed by atoms with van der Waals surface area (Å²) in [5.41, 5.74) is 6.15. The molecule has 9 heteroatoms. The molecule has 0 bridgehead atoms. The molecule has 4 aliphatic rings. The molecule has 2 aliphatic heterocycles. The maximum Gasteiger partial charge on any atom is 0.331 e. The minimum absolute atomic E-state index is 0.0570. The van der Waals surface area contributed by atoms with Crippen LogP contribution in [0.2, 0.25) is 0 Å². The monoisotopic (exact) mass is 423 g/mol. The lowest BCUT2D eigenvalue weighted by Gasteiger charge is -2.46. The van der Waals surface area contributed by atoms with Gasteiger partial charge in [0, 0.05) is 24.8 Å². The number of hydrogen-bond acceptors (Lipinski definition) is 5. The third kappa shape index (κ3) is 3.27. The summed E-state index contributed by atoms with van der Waals surface area (Å²) < 4.78 is 37.7. The fraction of sp³-hybridized carbons (Fsp3) is 0.632. The van der Waals surface area contributed by atoms with Crippen LogP contribution < -0.4 is 10.0 Å². The molecule has 0 radical (unpaired) electrons. The highest BCUT2D eigenvalue weighted by Gasteiger charge is 2.44. The molecule has 1 aromatic carbocycles. The van der Waals surface area contributed by atoms with Crippen molar-refractivity contribution >= 4 is 32.5 Å². The number of nitrogens with one attached hydrogen (secondary N) is 2. The Balaban J connectivity index is 1.19. The van der Waals surface area contributed by atoms with Gasteiger partial charge in [-0.2, -0.15) is 0 Å². The molecule has 152 valence electrons. The maximum atomic E-state index is 12.5. The van der Waals surface area contributed by atoms with E-state index in [1.165, 1.54) is 22.3 Å². The Hall–Kier alpha value is -1.45. The zero-order valence-electron chi connectivity index (χ0n) is 15.7. The number of carbonyl (C=O) groups is 1. The standard InChI is InChI=1S/C19H25N3O4S2/c23-19(21-27(24)15-8-22(9-15)14-10-28(25,26)11-14)20-18-16-5-1-3-12(16)7-13-4-2-6-17(13)18/h7,14-15H,1-6,8-11H2,(H2,20,21,23). The predicted octanol–water partition coefficient (Wildman–Crippen LogP) is 0.930. The Kier molecular flexibility index (Phi) is 4.52. The largest absolute Gasteiger partial charge is 0.331 e. The number of hydrogen-bond donors (Lipinski definition) is 2. The summed E-state index contributed by atoms with van der Waals surface area (Å²) in [6.45, 7) is 1.15. The lowest BCUT2D eigenvalue weighted by molar-refractivity contribution is 0.138. The van der Waals surface area contributed by atoms with Crippen LogP contribution >= 0.6 is 0 Å². The first kappa shape index (κ1) is 18.6. The van der Waals surface area contributed by atoms with Crippen molar-refractivity contribution in [1.82, 2.24) is 9.62 Å². The van der Waals surface area contributed by atoms with E-state index >= 15 is 0 Å². The average Bonchev–Trinajstić information content (AvgIpc) is 3.20. The summed E-state index contributed by atoms with van der Waals surface area (Å²) in [5, 5.41) is 2.87. The number of carbonyl (C=O) groups excluding carboxylic acids is 1. The van der Waals surface area contributed by atoms with E-state index in [0.717, 1.165) is 44.2 Å². The van der Waals surface area contributed by atoms with Crippen molar-refractivity contribution < 1.29 is 17.4 Å². The van der Waals surface area contributed by atoms with Crippen LogP contribution in [0.15, 0.2) is 6.07 Å². The van der Waals surface area contributed by atoms with Gasteiger partial charge in [0.15, 0.2) is 9.84 Å². The molecule has 28 heavy (non-hydrogen) atoms. The molecule has 2 fully saturated rings. The number of aryl methyl sites for hydroxylation is 2. The van der Waals surface area contributed by atoms with Crippen LogP contribution in [0.4, 0.5) is 10.5 Å². The predicted molar refractivity (Wildman–Crippen MR) is 109 cm³/mol. The number of amides is 2. The van der Waals surface area contributed by atoms with E-state index in [2.05, 4.69) is 16.1 Å². The van der Waals surface area contributed by atoms with Crippen molar-refractivity contribution in [3.8, 4) is 0 Å². The van der Waals surface area contributed by atoms with Gasteiger partial charge < -0.3 is 5.32 Å². The number of rotatable bonds is 4. The van der Waals surface area contributed by atoms with E-state index in [9.17, 15) is 17.4 Å². The van der Waals surface area contributed by atoms with Crippen LogP contribution in [0.5, 0.6) is 0 Å². The second-order valence-corrected chi connectivity index (χ2v) is 12.0. The van der Waals surface area contributed by atoms with Gasteiger partial charge >= 0.3 is 6.03 Å². The smallest absolute Gasteiger partial charge is 0.307 e. The molecule has 0 saturated carbocycles. The third-order valence-electron chi connectivity index (χ3n) is 6.49. The van der Waals surface area contributed by atoms with E-state index in [0.29, 0.717) is 13.1 Å². The van der Waals surface area contributed by atoms with Crippen LogP contribution in [-0.2, 0) is 46.5 Å². The van der Waals surface area contributed by atoms with Crippen LogP contribution in [0, 0.1) is 0 Å². The maximum absolute atomic E-state index is 12.5. The Morgan fingerprint density at radius 2 is 1.64 bits per heavy atom. The molecule has 2 saturated heterocycles. The molecule has 2 amide bonds. The lowest BCUT2D eigenvalue weighted by atomic mass is 9.99. The van der Waals surface area contributed by atoms with Gasteiger partial charge in [-0.3, -0.25) is 9.62 Å². The summed E-state index contributed by atoms with van der Waals surface area (Å²) in [6, 6.07) is 1.97. The number of likely N-dealkylation sites (tertiary alicyclic amines) is 1. The van der Waals surface area contributed by atoms with Crippen LogP contribution in [0.1, 0.15) is 35.1 Å². The van der Waals surface area contributed by atoms with Gasteiger partial charge in [0.05, 0.1) is 16.8 Å². The van der Waals surface area contributed by atoms with Gasteiger partial charge in [-0.05, 0) is 60.8 Å². The van der Waals surface area contributed by atoms with Crippen molar-refractivity contribution in [3.05, 3.63) is 28.3 Å². The van der Waals surface area contributed by atoms with Crippen LogP contribution in [-0.4, -0.2) is 59.4 Å². The van der Waals surface area contributed by atoms with Gasteiger partial charge in [-0.15, -0.1) is 0 Å². The molecule has 1 aromatic rings. The highest BCUT2D eigenvalue weighted by molar-refractivity contribution is 7.92. The summed E-state index contributed by atoms with van der Waals surface area (Å²) in [7, 11) is -4.32. The van der Waals surface area contributed by atoms with E-state index in [1.807, 2.05) is 4.90 Å². The first-order valence-electron chi connectivity index (χ1n) is 9.99. The number of benzene rings is 1. The molecule has 0 spiro atoms. The highest BCUT2D eigenvalue weighted by atomic mass is 32.2. The van der Waals surface area contributed by atoms with Crippen molar-refractivity contribution in [2.75, 3.05) is 29.9 Å². The Labute approximate surface area is 167 Å². The van der Waals surface area contributed by atoms with E-state index in [-0.39, 0.29) is 22.8 Å². The van der Waals surface area contributed by atoms with Gasteiger partial charge in [-0.1, -0.05) is 6.07 Å². The Bertz CT molecular complexity index is 926. The minimum atomic E-state index is -2.85. The van der Waals surface area contributed by atoms with E-state index in [4.69, 9.17) is 0 Å². The van der Waals surface area contributed by atoms with Gasteiger partial charge in [0.25, 0.3) is 0 Å². The molecule has 2 aliphatic carbocycles. The molecular weight excluding hydrogens is 398 g/mol. The fourth-order valence-corrected chi connectivity index (χ4v) is 7.48. The fourth-order valence-electron chi connectivity index (χ4n) is 4.93. The topological polar surface area (TPSA) is 95.6 Å². The SMILES string of the molecule is O=C(Nc1c2c(cc3c1CCC3)CCC2)NS(=O)C1CN(C2CS(=O)(=O)C2)C1. The number of anilines is 1. The molecular formula is C19H25N3O4S2. The van der Waals surface area contributed by atoms with Gasteiger partial charge in [0.2, 0.25) is 0 Å². The first-order chi connectivity index (χ1) is 13.4. The van der Waals surface area contributed by atoms with Crippen molar-refractivity contribution in [3.63, 3.8) is 0 Å². The number of nitrogens with zero attached hydrogens (tertiary/aromatic N) is 1. The van der Waals surface area contributed by atoms with Crippen molar-refractivity contribution in [2.45, 2.75) is 49.8 Å². The molecule has 2 heterocycles. The summed E-state index contributed by atoms with van der Waals surface area (Å²) in [5.74, 6) is 0.398. The summed E-state index contributed by atoms with van der Waals surface area (Å²) in [4.78, 5) is 14.6.